The Hall–Kier alpha value is -6.02. The van der Waals surface area contributed by atoms with Gasteiger partial charge >= 0.3 is 0 Å². The number of hydrogen-bond acceptors (Lipinski definition) is 4. The molecule has 2 aromatic heterocycles. The fourth-order valence-corrected chi connectivity index (χ4v) is 8.47. The van der Waals surface area contributed by atoms with Gasteiger partial charge in [0.2, 0.25) is 0 Å². The van der Waals surface area contributed by atoms with Gasteiger partial charge in [0.15, 0.2) is 0 Å². The molecule has 0 aliphatic heterocycles. The summed E-state index contributed by atoms with van der Waals surface area (Å²) in [6, 6.07) is 37.2. The molecule has 1 atom stereocenters. The van der Waals surface area contributed by atoms with Gasteiger partial charge in [-0.15, -0.1) is 0 Å². The number of aryl methyl sites for hydroxylation is 3. The number of benzene rings is 5. The first-order valence-corrected chi connectivity index (χ1v) is 22.0. The number of para-hydroxylation sites is 2. The number of fused-ring (bicyclic) bond motifs is 2. The van der Waals surface area contributed by atoms with Crippen LogP contribution in [-0.4, -0.2) is 44.0 Å². The first-order valence-electron chi connectivity index (χ1n) is 22.0. The average Bonchev–Trinajstić information content (AvgIpc) is 3.80. The molecule has 1 unspecified atom stereocenters. The molecule has 0 saturated heterocycles. The zero-order valence-corrected chi connectivity index (χ0v) is 36.1. The van der Waals surface area contributed by atoms with E-state index in [2.05, 4.69) is 115 Å². The highest BCUT2D eigenvalue weighted by Gasteiger charge is 2.19. The summed E-state index contributed by atoms with van der Waals surface area (Å²) in [5, 5.41) is 6.28. The molecule has 0 saturated carbocycles. The van der Waals surface area contributed by atoms with Crippen LogP contribution in [0.4, 0.5) is 0 Å². The molecule has 2 heterocycles. The first-order chi connectivity index (χ1) is 29.3. The third kappa shape index (κ3) is 9.54. The second kappa shape index (κ2) is 19.8. The van der Waals surface area contributed by atoms with Crippen LogP contribution in [0, 0.1) is 6.92 Å². The third-order valence-corrected chi connectivity index (χ3v) is 11.8. The van der Waals surface area contributed by atoms with Gasteiger partial charge in [0.25, 0.3) is 11.8 Å². The lowest BCUT2D eigenvalue weighted by atomic mass is 9.91. The Bertz CT molecular complexity index is 2560. The summed E-state index contributed by atoms with van der Waals surface area (Å²) in [5.41, 5.74) is 12.2. The van der Waals surface area contributed by atoms with Gasteiger partial charge in [0.1, 0.15) is 11.6 Å². The number of hydrogen-bond donors (Lipinski definition) is 2. The Morgan fingerprint density at radius 3 is 2.07 bits per heavy atom. The van der Waals surface area contributed by atoms with Crippen molar-refractivity contribution in [3.05, 3.63) is 143 Å². The second-order valence-electron chi connectivity index (χ2n) is 16.3. The maximum atomic E-state index is 13.5. The van der Waals surface area contributed by atoms with E-state index in [1.807, 2.05) is 48.5 Å². The average molecular weight is 801 g/mol. The third-order valence-electron chi connectivity index (χ3n) is 11.8. The van der Waals surface area contributed by atoms with Crippen LogP contribution in [0.5, 0.6) is 0 Å². The molecule has 0 aliphatic rings. The van der Waals surface area contributed by atoms with Crippen LogP contribution in [-0.2, 0) is 20.0 Å². The van der Waals surface area contributed by atoms with E-state index in [9.17, 15) is 9.59 Å². The molecule has 60 heavy (non-hydrogen) atoms. The molecule has 8 nitrogen and oxygen atoms in total. The van der Waals surface area contributed by atoms with Crippen molar-refractivity contribution in [3.8, 4) is 22.5 Å². The van der Waals surface area contributed by atoms with Gasteiger partial charge in [-0.05, 0) is 103 Å². The number of unbranched alkanes of at least 4 members (excludes halogenated alkanes) is 4. The number of amides is 2. The molecule has 7 aromatic rings. The summed E-state index contributed by atoms with van der Waals surface area (Å²) >= 11 is 0. The van der Waals surface area contributed by atoms with Crippen molar-refractivity contribution in [2.24, 2.45) is 7.05 Å². The molecule has 0 bridgehead atoms. The van der Waals surface area contributed by atoms with Crippen molar-refractivity contribution in [1.29, 1.82) is 0 Å². The summed E-state index contributed by atoms with van der Waals surface area (Å²) in [7, 11) is 2.08. The Labute approximate surface area is 355 Å². The number of nitrogens with one attached hydrogen (secondary N) is 2. The fourth-order valence-electron chi connectivity index (χ4n) is 8.47. The van der Waals surface area contributed by atoms with Gasteiger partial charge in [0.05, 0.1) is 22.1 Å². The Balaban J connectivity index is 0.947. The van der Waals surface area contributed by atoms with Crippen molar-refractivity contribution >= 4 is 33.9 Å². The smallest absolute Gasteiger partial charge is 0.251 e. The van der Waals surface area contributed by atoms with Crippen LogP contribution in [0.25, 0.3) is 44.6 Å². The highest BCUT2D eigenvalue weighted by atomic mass is 16.2. The van der Waals surface area contributed by atoms with E-state index in [4.69, 9.17) is 9.97 Å². The fraction of sp³-hybridized carbons (Fsp3) is 0.346. The summed E-state index contributed by atoms with van der Waals surface area (Å²) in [6.07, 6.45) is 9.08. The zero-order chi connectivity index (χ0) is 42.0. The van der Waals surface area contributed by atoms with Gasteiger partial charge in [0, 0.05) is 49.8 Å². The van der Waals surface area contributed by atoms with Crippen molar-refractivity contribution in [2.75, 3.05) is 13.1 Å². The molecule has 0 fully saturated rings. The lowest BCUT2D eigenvalue weighted by Crippen LogP contribution is -2.26. The number of carbonyl (C=O) groups excluding carboxylic acids is 2. The first kappa shape index (κ1) is 42.1. The van der Waals surface area contributed by atoms with Crippen molar-refractivity contribution < 1.29 is 9.59 Å². The summed E-state index contributed by atoms with van der Waals surface area (Å²) < 4.78 is 4.53. The van der Waals surface area contributed by atoms with Crippen molar-refractivity contribution in [1.82, 2.24) is 29.7 Å². The molecule has 8 heteroatoms. The highest BCUT2D eigenvalue weighted by molar-refractivity contribution is 6.01. The van der Waals surface area contributed by atoms with Crippen LogP contribution in [0.1, 0.15) is 121 Å². The topological polar surface area (TPSA) is 93.8 Å². The maximum Gasteiger partial charge on any atom is 0.251 e. The molecule has 310 valence electrons. The Kier molecular flexibility index (Phi) is 13.9. The van der Waals surface area contributed by atoms with Crippen molar-refractivity contribution in [3.63, 3.8) is 0 Å². The molecule has 2 N–H and O–H groups in total. The minimum Gasteiger partial charge on any atom is -0.352 e. The van der Waals surface area contributed by atoms with Crippen LogP contribution in [0.3, 0.4) is 0 Å². The SMILES string of the molecule is CCCCC(C)c1ccccc1C(=O)NCCCCCCNC(=O)c1ccccc1-c1ccc(Cn2c(CCC)nc3c(C)cc(-c4nc5ccccc5n4C)cc32)cc1. The van der Waals surface area contributed by atoms with Gasteiger partial charge in [-0.3, -0.25) is 9.59 Å². The molecule has 5 aromatic carbocycles. The van der Waals surface area contributed by atoms with Crippen molar-refractivity contribution in [2.45, 2.75) is 97.9 Å². The van der Waals surface area contributed by atoms with E-state index in [0.29, 0.717) is 31.1 Å². The van der Waals surface area contributed by atoms with E-state index in [1.165, 1.54) is 5.56 Å². The summed E-state index contributed by atoms with van der Waals surface area (Å²) in [4.78, 5) is 36.6. The summed E-state index contributed by atoms with van der Waals surface area (Å²) in [6.45, 7) is 10.7. The van der Waals surface area contributed by atoms with Crippen LogP contribution in [0.2, 0.25) is 0 Å². The molecule has 0 spiro atoms. The minimum atomic E-state index is -0.0605. The zero-order valence-electron chi connectivity index (χ0n) is 36.1. The van der Waals surface area contributed by atoms with E-state index in [1.54, 1.807) is 0 Å². The maximum absolute atomic E-state index is 13.5. The largest absolute Gasteiger partial charge is 0.352 e. The number of carbonyl (C=O) groups is 2. The van der Waals surface area contributed by atoms with Gasteiger partial charge in [-0.2, -0.15) is 0 Å². The molecule has 2 amide bonds. The minimum absolute atomic E-state index is 0.0158. The molecule has 0 aliphatic carbocycles. The number of aromatic nitrogens is 4. The second-order valence-corrected chi connectivity index (χ2v) is 16.3. The van der Waals surface area contributed by atoms with Gasteiger partial charge < -0.3 is 19.8 Å². The van der Waals surface area contributed by atoms with Crippen LogP contribution in [0.15, 0.2) is 109 Å². The predicted octanol–water partition coefficient (Wildman–Crippen LogP) is 11.6. The lowest BCUT2D eigenvalue weighted by molar-refractivity contribution is 0.0942. The number of nitrogens with zero attached hydrogens (tertiary/aromatic N) is 4. The van der Waals surface area contributed by atoms with E-state index in [-0.39, 0.29) is 11.8 Å². The summed E-state index contributed by atoms with van der Waals surface area (Å²) in [5.74, 6) is 2.35. The van der Waals surface area contributed by atoms with Gasteiger partial charge in [-0.1, -0.05) is 119 Å². The standard InChI is InChI=1S/C52H60N6O2/c1-6-8-20-36(3)41-21-11-13-23-43(41)51(59)53-31-17-9-10-18-32-54-52(60)44-24-14-12-22-42(44)39-29-27-38(28-30-39)35-58-47-34-40(33-37(4)49(47)56-48(58)19-7-2)50-55-45-25-15-16-26-46(45)57(50)5/h11-16,21-30,33-34,36H,6-10,17-20,31-32,35H2,1-5H3,(H,53,59)(H,54,60). The van der Waals surface area contributed by atoms with Crippen LogP contribution < -0.4 is 10.6 Å². The quantitative estimate of drug-likeness (QED) is 0.0797. The van der Waals surface area contributed by atoms with E-state index in [0.717, 1.165) is 125 Å². The Morgan fingerprint density at radius 1 is 0.683 bits per heavy atom. The molecule has 7 rings (SSSR count). The van der Waals surface area contributed by atoms with Crippen LogP contribution >= 0.6 is 0 Å². The number of rotatable bonds is 19. The van der Waals surface area contributed by atoms with E-state index >= 15 is 0 Å². The number of imidazole rings is 2. The molecular formula is C52H60N6O2. The van der Waals surface area contributed by atoms with Gasteiger partial charge in [-0.25, -0.2) is 9.97 Å². The Morgan fingerprint density at radius 2 is 1.35 bits per heavy atom. The monoisotopic (exact) mass is 800 g/mol. The molecular weight excluding hydrogens is 741 g/mol. The highest BCUT2D eigenvalue weighted by Crippen LogP contribution is 2.32. The van der Waals surface area contributed by atoms with E-state index < -0.39 is 0 Å². The predicted molar refractivity (Wildman–Crippen MR) is 247 cm³/mol. The normalized spacial score (nSPS) is 11.9. The lowest BCUT2D eigenvalue weighted by Gasteiger charge is -2.16. The molecule has 0 radical (unpaired) electrons.